The first-order chi connectivity index (χ1) is 9.40. The van der Waals surface area contributed by atoms with Gasteiger partial charge in [0.2, 0.25) is 5.91 Å². The predicted molar refractivity (Wildman–Crippen MR) is 80.0 cm³/mol. The lowest BCUT2D eigenvalue weighted by Gasteiger charge is -2.42. The predicted octanol–water partition coefficient (Wildman–Crippen LogP) is 0.469. The van der Waals surface area contributed by atoms with Gasteiger partial charge >= 0.3 is 0 Å². The van der Waals surface area contributed by atoms with E-state index < -0.39 is 5.91 Å². The molecular weight excluding hydrogens is 276 g/mol. The molecule has 1 aliphatic heterocycles. The molecule has 0 unspecified atom stereocenters. The summed E-state index contributed by atoms with van der Waals surface area (Å²) in [4.78, 5) is 25.5. The average molecular weight is 296 g/mol. The van der Waals surface area contributed by atoms with Gasteiger partial charge < -0.3 is 16.4 Å². The highest BCUT2D eigenvalue weighted by Gasteiger charge is 2.30. The molecule has 1 aromatic heterocycles. The van der Waals surface area contributed by atoms with E-state index in [1.165, 1.54) is 11.3 Å². The summed E-state index contributed by atoms with van der Waals surface area (Å²) in [5, 5.41) is 8.35. The summed E-state index contributed by atoms with van der Waals surface area (Å²) in [5.41, 5.74) is 5.57. The number of thiophene rings is 1. The van der Waals surface area contributed by atoms with Crippen LogP contribution in [-0.4, -0.2) is 48.4 Å². The van der Waals surface area contributed by atoms with Crippen molar-refractivity contribution in [2.45, 2.75) is 19.4 Å². The van der Waals surface area contributed by atoms with E-state index in [1.807, 2.05) is 0 Å². The Balaban J connectivity index is 1.98. The molecule has 20 heavy (non-hydrogen) atoms. The molecule has 0 aliphatic carbocycles. The normalized spacial score (nSPS) is 18.7. The Morgan fingerprint density at radius 1 is 1.55 bits per heavy atom. The lowest BCUT2D eigenvalue weighted by Crippen LogP contribution is -2.59. The SMILES string of the molecule is CC1(C)CNCCN1CC(=O)Nc1sccc1C(N)=O. The van der Waals surface area contributed by atoms with Crippen LogP contribution in [0.1, 0.15) is 24.2 Å². The summed E-state index contributed by atoms with van der Waals surface area (Å²) < 4.78 is 0. The first-order valence-corrected chi connectivity index (χ1v) is 7.41. The fourth-order valence-electron chi connectivity index (χ4n) is 2.26. The molecule has 0 saturated carbocycles. The third-order valence-electron chi connectivity index (χ3n) is 3.49. The molecular formula is C13H20N4O2S. The van der Waals surface area contributed by atoms with Gasteiger partial charge in [-0.05, 0) is 25.3 Å². The van der Waals surface area contributed by atoms with Gasteiger partial charge in [0.05, 0.1) is 12.1 Å². The van der Waals surface area contributed by atoms with Crippen LogP contribution in [0.15, 0.2) is 11.4 Å². The molecule has 1 aromatic rings. The third-order valence-corrected chi connectivity index (χ3v) is 4.32. The largest absolute Gasteiger partial charge is 0.366 e. The highest BCUT2D eigenvalue weighted by molar-refractivity contribution is 7.14. The van der Waals surface area contributed by atoms with Crippen molar-refractivity contribution in [1.29, 1.82) is 0 Å². The Kier molecular flexibility index (Phi) is 4.42. The number of hydrogen-bond donors (Lipinski definition) is 3. The second-order valence-electron chi connectivity index (χ2n) is 5.49. The molecule has 0 radical (unpaired) electrons. The number of hydrogen-bond acceptors (Lipinski definition) is 5. The Hall–Kier alpha value is -1.44. The van der Waals surface area contributed by atoms with E-state index >= 15 is 0 Å². The second-order valence-corrected chi connectivity index (χ2v) is 6.40. The van der Waals surface area contributed by atoms with Gasteiger partial charge in [-0.2, -0.15) is 0 Å². The van der Waals surface area contributed by atoms with Crippen LogP contribution < -0.4 is 16.4 Å². The number of amides is 2. The molecule has 110 valence electrons. The second kappa shape index (κ2) is 5.90. The van der Waals surface area contributed by atoms with Crippen molar-refractivity contribution >= 4 is 28.2 Å². The zero-order valence-corrected chi connectivity index (χ0v) is 12.5. The van der Waals surface area contributed by atoms with Crippen molar-refractivity contribution in [2.24, 2.45) is 5.73 Å². The van der Waals surface area contributed by atoms with E-state index in [2.05, 4.69) is 29.4 Å². The zero-order valence-electron chi connectivity index (χ0n) is 11.7. The van der Waals surface area contributed by atoms with E-state index in [9.17, 15) is 9.59 Å². The van der Waals surface area contributed by atoms with E-state index in [-0.39, 0.29) is 11.4 Å². The lowest BCUT2D eigenvalue weighted by atomic mass is 10.0. The molecule has 0 bridgehead atoms. The molecule has 1 saturated heterocycles. The van der Waals surface area contributed by atoms with Gasteiger partial charge in [0.15, 0.2) is 0 Å². The van der Waals surface area contributed by atoms with Crippen LogP contribution in [0.4, 0.5) is 5.00 Å². The Morgan fingerprint density at radius 3 is 2.95 bits per heavy atom. The first kappa shape index (κ1) is 15.0. The molecule has 0 atom stereocenters. The summed E-state index contributed by atoms with van der Waals surface area (Å²) in [6, 6.07) is 1.62. The number of nitrogens with one attached hydrogen (secondary N) is 2. The van der Waals surface area contributed by atoms with Crippen molar-refractivity contribution in [3.05, 3.63) is 17.0 Å². The Labute approximate surface area is 122 Å². The summed E-state index contributed by atoms with van der Waals surface area (Å²) in [6.07, 6.45) is 0. The molecule has 7 heteroatoms. The van der Waals surface area contributed by atoms with Gasteiger partial charge in [0.1, 0.15) is 5.00 Å². The number of carbonyl (C=O) groups is 2. The average Bonchev–Trinajstić information content (AvgIpc) is 2.80. The minimum Gasteiger partial charge on any atom is -0.366 e. The summed E-state index contributed by atoms with van der Waals surface area (Å²) in [6.45, 7) is 7.07. The summed E-state index contributed by atoms with van der Waals surface area (Å²) >= 11 is 1.30. The molecule has 1 fully saturated rings. The van der Waals surface area contributed by atoms with Crippen molar-refractivity contribution in [2.75, 3.05) is 31.5 Å². The number of primary amides is 1. The van der Waals surface area contributed by atoms with Gasteiger partial charge in [-0.3, -0.25) is 14.5 Å². The molecule has 0 aromatic carbocycles. The minimum absolute atomic E-state index is 0.0580. The van der Waals surface area contributed by atoms with E-state index in [4.69, 9.17) is 5.73 Å². The number of nitrogens with two attached hydrogens (primary N) is 1. The van der Waals surface area contributed by atoms with Crippen LogP contribution in [0.5, 0.6) is 0 Å². The molecule has 0 spiro atoms. The van der Waals surface area contributed by atoms with Crippen LogP contribution in [-0.2, 0) is 4.79 Å². The summed E-state index contributed by atoms with van der Waals surface area (Å²) in [7, 11) is 0. The minimum atomic E-state index is -0.524. The van der Waals surface area contributed by atoms with Crippen LogP contribution in [0.2, 0.25) is 0 Å². The fraction of sp³-hybridized carbons (Fsp3) is 0.538. The number of rotatable bonds is 4. The van der Waals surface area contributed by atoms with E-state index in [1.54, 1.807) is 11.4 Å². The van der Waals surface area contributed by atoms with E-state index in [0.29, 0.717) is 17.1 Å². The maximum atomic E-state index is 12.1. The first-order valence-electron chi connectivity index (χ1n) is 6.53. The van der Waals surface area contributed by atoms with Crippen molar-refractivity contribution < 1.29 is 9.59 Å². The highest BCUT2D eigenvalue weighted by Crippen LogP contribution is 2.23. The maximum Gasteiger partial charge on any atom is 0.251 e. The van der Waals surface area contributed by atoms with Gasteiger partial charge in [-0.15, -0.1) is 11.3 Å². The summed E-state index contributed by atoms with van der Waals surface area (Å²) in [5.74, 6) is -0.644. The number of piperazine rings is 1. The van der Waals surface area contributed by atoms with Crippen LogP contribution in [0.3, 0.4) is 0 Å². The molecule has 4 N–H and O–H groups in total. The Morgan fingerprint density at radius 2 is 2.30 bits per heavy atom. The van der Waals surface area contributed by atoms with Crippen molar-refractivity contribution in [1.82, 2.24) is 10.2 Å². The van der Waals surface area contributed by atoms with Gasteiger partial charge in [0, 0.05) is 25.2 Å². The number of anilines is 1. The van der Waals surface area contributed by atoms with E-state index in [0.717, 1.165) is 19.6 Å². The molecule has 2 heterocycles. The van der Waals surface area contributed by atoms with Gasteiger partial charge in [-0.1, -0.05) is 0 Å². The Bertz CT molecular complexity index is 512. The number of nitrogens with zero attached hydrogens (tertiary/aromatic N) is 1. The van der Waals surface area contributed by atoms with Gasteiger partial charge in [0.25, 0.3) is 5.91 Å². The van der Waals surface area contributed by atoms with Crippen molar-refractivity contribution in [3.63, 3.8) is 0 Å². The number of carbonyl (C=O) groups excluding carboxylic acids is 2. The quantitative estimate of drug-likeness (QED) is 0.754. The molecule has 2 rings (SSSR count). The fourth-order valence-corrected chi connectivity index (χ4v) is 3.06. The lowest BCUT2D eigenvalue weighted by molar-refractivity contribution is -0.119. The smallest absolute Gasteiger partial charge is 0.251 e. The maximum absolute atomic E-state index is 12.1. The topological polar surface area (TPSA) is 87.5 Å². The van der Waals surface area contributed by atoms with Crippen molar-refractivity contribution in [3.8, 4) is 0 Å². The monoisotopic (exact) mass is 296 g/mol. The standard InChI is InChI=1S/C13H20N4O2S/c1-13(2)8-15-4-5-17(13)7-10(18)16-12-9(11(14)19)3-6-20-12/h3,6,15H,4-5,7-8H2,1-2H3,(H2,14,19)(H,16,18). The van der Waals surface area contributed by atoms with Gasteiger partial charge in [-0.25, -0.2) is 0 Å². The van der Waals surface area contributed by atoms with Crippen LogP contribution in [0, 0.1) is 0 Å². The van der Waals surface area contributed by atoms with Crippen LogP contribution in [0.25, 0.3) is 0 Å². The molecule has 2 amide bonds. The molecule has 6 nitrogen and oxygen atoms in total. The zero-order chi connectivity index (χ0) is 14.8. The molecule has 1 aliphatic rings. The van der Waals surface area contributed by atoms with Crippen LogP contribution >= 0.6 is 11.3 Å². The third kappa shape index (κ3) is 3.36. The highest BCUT2D eigenvalue weighted by atomic mass is 32.1.